The molecule has 0 radical (unpaired) electrons. The highest BCUT2D eigenvalue weighted by molar-refractivity contribution is 7.90. The molecule has 0 saturated heterocycles. The van der Waals surface area contributed by atoms with E-state index in [1.54, 1.807) is 80.8 Å². The summed E-state index contributed by atoms with van der Waals surface area (Å²) in [4.78, 5) is 0.402. The van der Waals surface area contributed by atoms with Crippen molar-refractivity contribution >= 4 is 20.0 Å². The van der Waals surface area contributed by atoms with Crippen molar-refractivity contribution in [1.82, 2.24) is 7.94 Å². The van der Waals surface area contributed by atoms with Crippen LogP contribution in [0.2, 0.25) is 0 Å². The number of hydrogen-bond donors (Lipinski definition) is 0. The van der Waals surface area contributed by atoms with E-state index in [9.17, 15) is 16.8 Å². The van der Waals surface area contributed by atoms with Gasteiger partial charge < -0.3 is 0 Å². The molecule has 0 aliphatic heterocycles. The minimum atomic E-state index is -3.78. The lowest BCUT2D eigenvalue weighted by Gasteiger charge is -2.08. The lowest BCUT2D eigenvalue weighted by Crippen LogP contribution is -2.13. The molecular weight excluding hydrogens is 456 g/mol. The van der Waals surface area contributed by atoms with Gasteiger partial charge in [0.2, 0.25) is 0 Å². The molecule has 2 heterocycles. The predicted molar refractivity (Wildman–Crippen MR) is 130 cm³/mol. The molecule has 0 aliphatic carbocycles. The van der Waals surface area contributed by atoms with Crippen molar-refractivity contribution in [1.29, 1.82) is 0 Å². The highest BCUT2D eigenvalue weighted by Crippen LogP contribution is 2.32. The first-order valence-corrected chi connectivity index (χ1v) is 13.3. The third-order valence-electron chi connectivity index (χ3n) is 5.96. The van der Waals surface area contributed by atoms with Crippen LogP contribution < -0.4 is 0 Å². The third kappa shape index (κ3) is 3.94. The van der Waals surface area contributed by atoms with Crippen molar-refractivity contribution in [2.24, 2.45) is 0 Å². The molecular formula is C25H26N2O4S2. The molecule has 2 aromatic heterocycles. The van der Waals surface area contributed by atoms with Gasteiger partial charge in [0.25, 0.3) is 20.0 Å². The minimum absolute atomic E-state index is 0.200. The van der Waals surface area contributed by atoms with Crippen LogP contribution in [0.1, 0.15) is 28.1 Å². The van der Waals surface area contributed by atoms with Gasteiger partial charge in [-0.1, -0.05) is 35.4 Å². The highest BCUT2D eigenvalue weighted by atomic mass is 32.2. The molecule has 0 spiro atoms. The summed E-state index contributed by atoms with van der Waals surface area (Å²) in [6.45, 7) is 9.11. The maximum atomic E-state index is 13.3. The summed E-state index contributed by atoms with van der Waals surface area (Å²) in [5.41, 5.74) is 5.15. The molecule has 0 fully saturated rings. The monoisotopic (exact) mass is 482 g/mol. The molecule has 8 heteroatoms. The van der Waals surface area contributed by atoms with E-state index in [2.05, 4.69) is 0 Å². The minimum Gasteiger partial charge on any atom is -0.246 e. The summed E-state index contributed by atoms with van der Waals surface area (Å²) in [6.07, 6.45) is 3.12. The van der Waals surface area contributed by atoms with Crippen molar-refractivity contribution in [3.05, 3.63) is 95.1 Å². The Labute approximate surface area is 195 Å². The quantitative estimate of drug-likeness (QED) is 0.402. The summed E-state index contributed by atoms with van der Waals surface area (Å²) in [5, 5.41) is 0. The molecule has 0 aliphatic rings. The van der Waals surface area contributed by atoms with Gasteiger partial charge >= 0.3 is 0 Å². The van der Waals surface area contributed by atoms with E-state index in [4.69, 9.17) is 0 Å². The number of aryl methyl sites for hydroxylation is 3. The van der Waals surface area contributed by atoms with Crippen LogP contribution in [0, 0.1) is 34.6 Å². The Morgan fingerprint density at radius 3 is 1.55 bits per heavy atom. The lowest BCUT2D eigenvalue weighted by molar-refractivity contribution is 0.584. The topological polar surface area (TPSA) is 78.1 Å². The standard InChI is InChI=1S/C25H26N2O4S2/c1-17-6-10-23(11-7-17)32(28,29)26-15-22(14-19(26)3)25-16-27(21(5)20(25)4)33(30,31)24-12-8-18(2)9-13-24/h6-16H,1-5H3. The van der Waals surface area contributed by atoms with Crippen molar-refractivity contribution in [2.45, 2.75) is 44.4 Å². The molecule has 33 heavy (non-hydrogen) atoms. The lowest BCUT2D eigenvalue weighted by atomic mass is 10.1. The Kier molecular flexibility index (Phi) is 5.62. The highest BCUT2D eigenvalue weighted by Gasteiger charge is 2.24. The molecule has 0 bridgehead atoms. The predicted octanol–water partition coefficient (Wildman–Crippen LogP) is 4.97. The second-order valence-corrected chi connectivity index (χ2v) is 12.0. The zero-order chi connectivity index (χ0) is 24.1. The Bertz CT molecular complexity index is 1560. The van der Waals surface area contributed by atoms with Crippen molar-refractivity contribution in [3.8, 4) is 11.1 Å². The fourth-order valence-corrected chi connectivity index (χ4v) is 6.66. The van der Waals surface area contributed by atoms with Gasteiger partial charge in [-0.25, -0.2) is 24.8 Å². The van der Waals surface area contributed by atoms with E-state index in [1.165, 1.54) is 7.94 Å². The Morgan fingerprint density at radius 2 is 1.06 bits per heavy atom. The first kappa shape index (κ1) is 23.1. The van der Waals surface area contributed by atoms with E-state index in [0.717, 1.165) is 16.7 Å². The summed E-state index contributed by atoms with van der Waals surface area (Å²) in [7, 11) is -7.56. The van der Waals surface area contributed by atoms with Gasteiger partial charge in [-0.3, -0.25) is 0 Å². The van der Waals surface area contributed by atoms with E-state index in [1.807, 2.05) is 20.8 Å². The maximum absolute atomic E-state index is 13.3. The molecule has 0 amide bonds. The van der Waals surface area contributed by atoms with E-state index < -0.39 is 20.0 Å². The van der Waals surface area contributed by atoms with Crippen LogP contribution >= 0.6 is 0 Å². The largest absolute Gasteiger partial charge is 0.267 e. The number of aromatic nitrogens is 2. The Morgan fingerprint density at radius 1 is 0.606 bits per heavy atom. The fraction of sp³-hybridized carbons (Fsp3) is 0.200. The first-order chi connectivity index (χ1) is 15.4. The third-order valence-corrected chi connectivity index (χ3v) is 9.50. The van der Waals surface area contributed by atoms with Gasteiger partial charge in [-0.05, 0) is 70.5 Å². The van der Waals surface area contributed by atoms with Crippen LogP contribution in [0.5, 0.6) is 0 Å². The number of nitrogens with zero attached hydrogens (tertiary/aromatic N) is 2. The van der Waals surface area contributed by atoms with Crippen LogP contribution in [-0.4, -0.2) is 24.8 Å². The van der Waals surface area contributed by atoms with Crippen LogP contribution in [-0.2, 0) is 20.0 Å². The normalized spacial score (nSPS) is 12.3. The van der Waals surface area contributed by atoms with Crippen molar-refractivity contribution in [2.75, 3.05) is 0 Å². The van der Waals surface area contributed by atoms with Crippen LogP contribution in [0.3, 0.4) is 0 Å². The van der Waals surface area contributed by atoms with Crippen molar-refractivity contribution in [3.63, 3.8) is 0 Å². The van der Waals surface area contributed by atoms with Crippen LogP contribution in [0.4, 0.5) is 0 Å². The summed E-state index contributed by atoms with van der Waals surface area (Å²) < 4.78 is 55.5. The van der Waals surface area contributed by atoms with Crippen LogP contribution in [0.25, 0.3) is 11.1 Å². The number of hydrogen-bond acceptors (Lipinski definition) is 4. The van der Waals surface area contributed by atoms with E-state index in [0.29, 0.717) is 22.5 Å². The summed E-state index contributed by atoms with van der Waals surface area (Å²) in [6, 6.07) is 15.2. The fourth-order valence-electron chi connectivity index (χ4n) is 3.82. The maximum Gasteiger partial charge on any atom is 0.267 e. The van der Waals surface area contributed by atoms with Crippen molar-refractivity contribution < 1.29 is 16.8 Å². The van der Waals surface area contributed by atoms with Gasteiger partial charge in [0.05, 0.1) is 9.79 Å². The van der Waals surface area contributed by atoms with Gasteiger partial charge in [0, 0.05) is 34.9 Å². The second kappa shape index (κ2) is 8.04. The molecule has 0 unspecified atom stereocenters. The molecule has 0 N–H and O–H groups in total. The molecule has 4 rings (SSSR count). The number of rotatable bonds is 5. The second-order valence-electron chi connectivity index (χ2n) is 8.35. The SMILES string of the molecule is Cc1ccc(S(=O)(=O)n2cc(-c3cn(S(=O)(=O)c4ccc(C)cc4)c(C)c3C)cc2C)cc1. The first-order valence-electron chi connectivity index (χ1n) is 10.5. The van der Waals surface area contributed by atoms with Gasteiger partial charge in [-0.15, -0.1) is 0 Å². The van der Waals surface area contributed by atoms with E-state index >= 15 is 0 Å². The van der Waals surface area contributed by atoms with Gasteiger partial charge in [0.15, 0.2) is 0 Å². The summed E-state index contributed by atoms with van der Waals surface area (Å²) >= 11 is 0. The molecule has 0 atom stereocenters. The van der Waals surface area contributed by atoms with Gasteiger partial charge in [-0.2, -0.15) is 0 Å². The summed E-state index contributed by atoms with van der Waals surface area (Å²) in [5.74, 6) is 0. The Balaban J connectivity index is 1.81. The molecule has 2 aromatic carbocycles. The van der Waals surface area contributed by atoms with Gasteiger partial charge in [0.1, 0.15) is 0 Å². The average molecular weight is 483 g/mol. The zero-order valence-electron chi connectivity index (χ0n) is 19.2. The Hall–Kier alpha value is -3.10. The average Bonchev–Trinajstić information content (AvgIpc) is 3.29. The van der Waals surface area contributed by atoms with Crippen LogP contribution in [0.15, 0.2) is 76.8 Å². The molecule has 0 saturated carbocycles. The number of benzene rings is 2. The van der Waals surface area contributed by atoms with E-state index in [-0.39, 0.29) is 9.79 Å². The molecule has 6 nitrogen and oxygen atoms in total. The zero-order valence-corrected chi connectivity index (χ0v) is 20.8. The smallest absolute Gasteiger partial charge is 0.246 e. The molecule has 172 valence electrons. The molecule has 4 aromatic rings.